The van der Waals surface area contributed by atoms with Gasteiger partial charge in [0.2, 0.25) is 5.95 Å². The number of hydrogen-bond donors (Lipinski definition) is 0. The van der Waals surface area contributed by atoms with Crippen molar-refractivity contribution in [1.82, 2.24) is 14.5 Å². The monoisotopic (exact) mass is 392 g/mol. The largest absolute Gasteiger partial charge is 0.370 e. The van der Waals surface area contributed by atoms with Crippen molar-refractivity contribution in [1.29, 1.82) is 0 Å². The molecule has 1 aliphatic carbocycles. The molecule has 0 unspecified atom stereocenters. The van der Waals surface area contributed by atoms with Crippen LogP contribution in [0.25, 0.3) is 11.3 Å². The van der Waals surface area contributed by atoms with Crippen LogP contribution >= 0.6 is 0 Å². The first-order valence-electron chi connectivity index (χ1n) is 9.77. The molecular formula is C22H21FN4O2. The Kier molecular flexibility index (Phi) is 4.39. The number of benzene rings is 1. The average molecular weight is 392 g/mol. The van der Waals surface area contributed by atoms with E-state index >= 15 is 0 Å². The van der Waals surface area contributed by atoms with Crippen molar-refractivity contribution in [2.75, 3.05) is 18.1 Å². The lowest BCUT2D eigenvalue weighted by atomic mass is 9.84. The number of hydrogen-bond acceptors (Lipinski definition) is 5. The number of ether oxygens (including phenoxy) is 1. The zero-order chi connectivity index (χ0) is 20.0. The Hall–Kier alpha value is -3.06. The highest BCUT2D eigenvalue weighted by Crippen LogP contribution is 2.39. The minimum absolute atomic E-state index is 0.00356. The molecule has 0 N–H and O–H groups in total. The van der Waals surface area contributed by atoms with Crippen LogP contribution in [0.4, 0.5) is 10.3 Å². The van der Waals surface area contributed by atoms with E-state index < -0.39 is 0 Å². The lowest BCUT2D eigenvalue weighted by Gasteiger charge is -2.45. The quantitative estimate of drug-likeness (QED) is 0.671. The molecule has 2 aliphatic rings. The summed E-state index contributed by atoms with van der Waals surface area (Å²) in [7, 11) is 1.74. The molecule has 1 aromatic carbocycles. The third-order valence-corrected chi connectivity index (χ3v) is 5.85. The second-order valence-corrected chi connectivity index (χ2v) is 7.51. The van der Waals surface area contributed by atoms with E-state index in [0.717, 1.165) is 29.5 Å². The van der Waals surface area contributed by atoms with E-state index in [1.807, 2.05) is 18.2 Å². The fraction of sp³-hybridized carbons (Fsp3) is 0.318. The maximum absolute atomic E-state index is 13.9. The van der Waals surface area contributed by atoms with Gasteiger partial charge in [-0.25, -0.2) is 9.37 Å². The first-order valence-corrected chi connectivity index (χ1v) is 9.77. The summed E-state index contributed by atoms with van der Waals surface area (Å²) in [5, 5.41) is 0. The molecule has 3 aromatic rings. The highest BCUT2D eigenvalue weighted by atomic mass is 19.1. The van der Waals surface area contributed by atoms with E-state index in [-0.39, 0.29) is 23.5 Å². The molecule has 0 bridgehead atoms. The predicted molar refractivity (Wildman–Crippen MR) is 107 cm³/mol. The highest BCUT2D eigenvalue weighted by molar-refractivity contribution is 5.59. The Balaban J connectivity index is 1.58. The topological polar surface area (TPSA) is 60.2 Å². The fourth-order valence-corrected chi connectivity index (χ4v) is 4.39. The number of aromatic nitrogens is 3. The minimum atomic E-state index is -0.254. The summed E-state index contributed by atoms with van der Waals surface area (Å²) in [6.07, 6.45) is 4.84. The van der Waals surface area contributed by atoms with Crippen LogP contribution < -0.4 is 10.5 Å². The van der Waals surface area contributed by atoms with Crippen molar-refractivity contribution in [3.63, 3.8) is 0 Å². The van der Waals surface area contributed by atoms with Gasteiger partial charge in [-0.2, -0.15) is 0 Å². The molecule has 2 aromatic heterocycles. The standard InChI is InChI=1S/C22H21FN4O2/c1-26-20(28)13-18(15-6-8-24-9-7-15)25-22(26)27-10-11-29-21-17-12-16(23)4-2-14(17)3-5-19(21)27/h2,4,6-9,12-13,19,21H,3,5,10-11H2,1H3/t19-,21+/m0/s1. The Morgan fingerprint density at radius 3 is 2.83 bits per heavy atom. The summed E-state index contributed by atoms with van der Waals surface area (Å²) in [6.45, 7) is 1.12. The first kappa shape index (κ1) is 18.0. The molecule has 148 valence electrons. The second-order valence-electron chi connectivity index (χ2n) is 7.51. The van der Waals surface area contributed by atoms with Gasteiger partial charge < -0.3 is 9.64 Å². The Labute approximate surface area is 167 Å². The summed E-state index contributed by atoms with van der Waals surface area (Å²) < 4.78 is 21.5. The van der Waals surface area contributed by atoms with Gasteiger partial charge in [-0.1, -0.05) is 6.07 Å². The molecule has 3 heterocycles. The van der Waals surface area contributed by atoms with Gasteiger partial charge in [0.25, 0.3) is 5.56 Å². The molecule has 2 atom stereocenters. The van der Waals surface area contributed by atoms with Gasteiger partial charge in [0.15, 0.2) is 0 Å². The maximum atomic E-state index is 13.9. The van der Waals surface area contributed by atoms with E-state index in [1.165, 1.54) is 6.07 Å². The molecule has 0 amide bonds. The predicted octanol–water partition coefficient (Wildman–Crippen LogP) is 2.87. The van der Waals surface area contributed by atoms with Crippen molar-refractivity contribution in [3.8, 4) is 11.3 Å². The van der Waals surface area contributed by atoms with Crippen LogP contribution in [0.5, 0.6) is 0 Å². The van der Waals surface area contributed by atoms with Crippen LogP contribution in [0.1, 0.15) is 23.7 Å². The summed E-state index contributed by atoms with van der Waals surface area (Å²) in [5.41, 5.74) is 3.38. The maximum Gasteiger partial charge on any atom is 0.255 e. The van der Waals surface area contributed by atoms with Gasteiger partial charge in [0.05, 0.1) is 18.3 Å². The third kappa shape index (κ3) is 3.11. The van der Waals surface area contributed by atoms with Gasteiger partial charge in [-0.05, 0) is 48.2 Å². The number of aryl methyl sites for hydroxylation is 1. The van der Waals surface area contributed by atoms with Crippen molar-refractivity contribution in [2.24, 2.45) is 7.05 Å². The van der Waals surface area contributed by atoms with Crippen LogP contribution in [0.15, 0.2) is 53.6 Å². The Morgan fingerprint density at radius 1 is 1.17 bits per heavy atom. The van der Waals surface area contributed by atoms with Crippen molar-refractivity contribution in [2.45, 2.75) is 25.0 Å². The summed E-state index contributed by atoms with van der Waals surface area (Å²) >= 11 is 0. The van der Waals surface area contributed by atoms with Crippen LogP contribution in [0.3, 0.4) is 0 Å². The molecule has 1 saturated heterocycles. The number of morpholine rings is 1. The molecule has 7 heteroatoms. The van der Waals surface area contributed by atoms with Crippen LogP contribution in [0.2, 0.25) is 0 Å². The first-order chi connectivity index (χ1) is 14.1. The molecule has 5 rings (SSSR count). The number of fused-ring (bicyclic) bond motifs is 3. The van der Waals surface area contributed by atoms with Crippen LogP contribution in [0, 0.1) is 5.82 Å². The lowest BCUT2D eigenvalue weighted by Crippen LogP contribution is -2.51. The Morgan fingerprint density at radius 2 is 2.00 bits per heavy atom. The smallest absolute Gasteiger partial charge is 0.255 e. The van der Waals surface area contributed by atoms with E-state index in [0.29, 0.717) is 24.8 Å². The zero-order valence-corrected chi connectivity index (χ0v) is 16.1. The molecule has 0 spiro atoms. The number of rotatable bonds is 2. The molecular weight excluding hydrogens is 371 g/mol. The van der Waals surface area contributed by atoms with Crippen molar-refractivity contribution in [3.05, 3.63) is 76.1 Å². The van der Waals surface area contributed by atoms with E-state index in [9.17, 15) is 9.18 Å². The van der Waals surface area contributed by atoms with E-state index in [4.69, 9.17) is 9.72 Å². The van der Waals surface area contributed by atoms with Crippen molar-refractivity contribution >= 4 is 5.95 Å². The number of halogens is 1. The van der Waals surface area contributed by atoms with E-state index in [2.05, 4.69) is 9.88 Å². The zero-order valence-electron chi connectivity index (χ0n) is 16.1. The summed E-state index contributed by atoms with van der Waals surface area (Å²) in [5.74, 6) is 0.359. The normalized spacial score (nSPS) is 20.8. The molecule has 6 nitrogen and oxygen atoms in total. The van der Waals surface area contributed by atoms with Crippen LogP contribution in [-0.2, 0) is 18.2 Å². The van der Waals surface area contributed by atoms with Crippen LogP contribution in [-0.4, -0.2) is 33.7 Å². The van der Waals surface area contributed by atoms with Crippen molar-refractivity contribution < 1.29 is 9.13 Å². The van der Waals surface area contributed by atoms with Gasteiger partial charge in [0, 0.05) is 37.6 Å². The van der Waals surface area contributed by atoms with Gasteiger partial charge in [0.1, 0.15) is 11.9 Å². The molecule has 29 heavy (non-hydrogen) atoms. The Bertz CT molecular complexity index is 1120. The average Bonchev–Trinajstić information content (AvgIpc) is 2.75. The fourth-order valence-electron chi connectivity index (χ4n) is 4.39. The van der Waals surface area contributed by atoms with Gasteiger partial charge >= 0.3 is 0 Å². The number of nitrogens with zero attached hydrogens (tertiary/aromatic N) is 4. The molecule has 0 radical (unpaired) electrons. The number of pyridine rings is 1. The van der Waals surface area contributed by atoms with E-state index in [1.54, 1.807) is 36.1 Å². The molecule has 1 aliphatic heterocycles. The number of anilines is 1. The summed E-state index contributed by atoms with van der Waals surface area (Å²) in [4.78, 5) is 23.7. The SMILES string of the molecule is Cn1c(N2CCO[C@@H]3c4cc(F)ccc4CC[C@@H]32)nc(-c2ccncc2)cc1=O. The van der Waals surface area contributed by atoms with Gasteiger partial charge in [-0.15, -0.1) is 0 Å². The minimum Gasteiger partial charge on any atom is -0.370 e. The molecule has 0 saturated carbocycles. The third-order valence-electron chi connectivity index (χ3n) is 5.85. The second kappa shape index (κ2) is 7.08. The van der Waals surface area contributed by atoms with Gasteiger partial charge in [-0.3, -0.25) is 14.3 Å². The summed E-state index contributed by atoms with van der Waals surface area (Å²) in [6, 6.07) is 10.2. The lowest BCUT2D eigenvalue weighted by molar-refractivity contribution is 0.00157. The highest BCUT2D eigenvalue weighted by Gasteiger charge is 2.39. The molecule has 1 fully saturated rings.